The van der Waals surface area contributed by atoms with Crippen molar-refractivity contribution in [3.05, 3.63) is 70.8 Å². The number of hydrogen-bond acceptors (Lipinski definition) is 5. The summed E-state index contributed by atoms with van der Waals surface area (Å²) in [5.41, 5.74) is 1.29. The second-order valence-electron chi connectivity index (χ2n) is 4.81. The molecule has 0 unspecified atom stereocenters. The van der Waals surface area contributed by atoms with E-state index in [1.165, 1.54) is 12.1 Å². The highest BCUT2D eigenvalue weighted by atomic mass is 16.6. The standard InChI is InChI=1S/C17H13N3O3/c1-23-17-11-10-16(14-4-2-3-5-15(14)17)19-18-12-6-8-13(9-7-12)20(21)22/h2-11H,1H3. The fraction of sp³-hybridized carbons (Fsp3) is 0.0588. The van der Waals surface area contributed by atoms with Gasteiger partial charge in [-0.3, -0.25) is 10.1 Å². The lowest BCUT2D eigenvalue weighted by Crippen LogP contribution is -1.85. The average Bonchev–Trinajstić information content (AvgIpc) is 2.60. The third kappa shape index (κ3) is 3.01. The maximum absolute atomic E-state index is 10.6. The molecule has 0 aliphatic heterocycles. The molecule has 0 saturated carbocycles. The summed E-state index contributed by atoms with van der Waals surface area (Å²) in [6.07, 6.45) is 0. The molecule has 0 aromatic heterocycles. The highest BCUT2D eigenvalue weighted by Gasteiger charge is 2.06. The van der Waals surface area contributed by atoms with Gasteiger partial charge >= 0.3 is 0 Å². The Hall–Kier alpha value is -3.28. The van der Waals surface area contributed by atoms with Crippen molar-refractivity contribution in [3.63, 3.8) is 0 Å². The predicted octanol–water partition coefficient (Wildman–Crippen LogP) is 5.17. The Morgan fingerprint density at radius 1 is 0.913 bits per heavy atom. The number of nitro groups is 1. The Morgan fingerprint density at radius 2 is 1.61 bits per heavy atom. The smallest absolute Gasteiger partial charge is 0.269 e. The van der Waals surface area contributed by atoms with E-state index in [0.717, 1.165) is 16.5 Å². The molecule has 0 radical (unpaired) electrons. The van der Waals surface area contributed by atoms with Crippen LogP contribution in [-0.4, -0.2) is 12.0 Å². The minimum atomic E-state index is -0.447. The second kappa shape index (κ2) is 6.23. The van der Waals surface area contributed by atoms with E-state index in [0.29, 0.717) is 11.4 Å². The number of methoxy groups -OCH3 is 1. The van der Waals surface area contributed by atoms with Crippen LogP contribution in [-0.2, 0) is 0 Å². The van der Waals surface area contributed by atoms with E-state index in [1.807, 2.05) is 36.4 Å². The molecule has 0 N–H and O–H groups in total. The van der Waals surface area contributed by atoms with Crippen LogP contribution in [0.15, 0.2) is 70.9 Å². The number of azo groups is 1. The summed E-state index contributed by atoms with van der Waals surface area (Å²) in [6, 6.07) is 17.4. The van der Waals surface area contributed by atoms with Gasteiger partial charge < -0.3 is 4.74 Å². The van der Waals surface area contributed by atoms with Gasteiger partial charge in [-0.2, -0.15) is 5.11 Å². The van der Waals surface area contributed by atoms with Gasteiger partial charge in [-0.05, 0) is 24.3 Å². The Morgan fingerprint density at radius 3 is 2.26 bits per heavy atom. The number of ether oxygens (including phenoxy) is 1. The summed E-state index contributed by atoms with van der Waals surface area (Å²) < 4.78 is 5.34. The summed E-state index contributed by atoms with van der Waals surface area (Å²) in [7, 11) is 1.62. The molecule has 0 atom stereocenters. The predicted molar refractivity (Wildman–Crippen MR) is 87.8 cm³/mol. The van der Waals surface area contributed by atoms with Crippen LogP contribution in [0, 0.1) is 10.1 Å². The van der Waals surface area contributed by atoms with E-state index in [-0.39, 0.29) is 5.69 Å². The fourth-order valence-corrected chi connectivity index (χ4v) is 2.27. The molecular formula is C17H13N3O3. The lowest BCUT2D eigenvalue weighted by Gasteiger charge is -2.06. The lowest BCUT2D eigenvalue weighted by atomic mass is 10.1. The number of rotatable bonds is 4. The Labute approximate surface area is 132 Å². The first-order chi connectivity index (χ1) is 11.2. The summed E-state index contributed by atoms with van der Waals surface area (Å²) in [4.78, 5) is 10.2. The topological polar surface area (TPSA) is 77.1 Å². The molecule has 0 amide bonds. The van der Waals surface area contributed by atoms with Crippen molar-refractivity contribution in [3.8, 4) is 5.75 Å². The van der Waals surface area contributed by atoms with Crippen LogP contribution in [0.1, 0.15) is 0 Å². The van der Waals surface area contributed by atoms with Crippen LogP contribution < -0.4 is 4.74 Å². The van der Waals surface area contributed by atoms with Gasteiger partial charge in [0.05, 0.1) is 23.4 Å². The summed E-state index contributed by atoms with van der Waals surface area (Å²) in [5.74, 6) is 0.773. The first-order valence-electron chi connectivity index (χ1n) is 6.91. The van der Waals surface area contributed by atoms with Crippen LogP contribution in [0.5, 0.6) is 5.75 Å². The van der Waals surface area contributed by atoms with E-state index >= 15 is 0 Å². The van der Waals surface area contributed by atoms with Crippen molar-refractivity contribution in [1.29, 1.82) is 0 Å². The van der Waals surface area contributed by atoms with Crippen molar-refractivity contribution in [2.24, 2.45) is 10.2 Å². The highest BCUT2D eigenvalue weighted by Crippen LogP contribution is 2.34. The summed E-state index contributed by atoms with van der Waals surface area (Å²) >= 11 is 0. The van der Waals surface area contributed by atoms with E-state index in [1.54, 1.807) is 19.2 Å². The van der Waals surface area contributed by atoms with Crippen LogP contribution in [0.4, 0.5) is 17.1 Å². The van der Waals surface area contributed by atoms with Crippen LogP contribution in [0.25, 0.3) is 10.8 Å². The molecule has 0 saturated heterocycles. The fourth-order valence-electron chi connectivity index (χ4n) is 2.27. The molecule has 114 valence electrons. The first kappa shape index (κ1) is 14.6. The van der Waals surface area contributed by atoms with Crippen molar-refractivity contribution in [2.45, 2.75) is 0 Å². The molecule has 6 nitrogen and oxygen atoms in total. The van der Waals surface area contributed by atoms with Gasteiger partial charge in [0, 0.05) is 22.9 Å². The van der Waals surface area contributed by atoms with E-state index in [2.05, 4.69) is 10.2 Å². The van der Waals surface area contributed by atoms with Crippen LogP contribution >= 0.6 is 0 Å². The number of hydrogen-bond donors (Lipinski definition) is 0. The number of nitro benzene ring substituents is 1. The molecule has 3 aromatic rings. The van der Waals surface area contributed by atoms with Gasteiger partial charge in [0.15, 0.2) is 0 Å². The molecule has 0 aliphatic carbocycles. The number of nitrogens with zero attached hydrogens (tertiary/aromatic N) is 3. The minimum absolute atomic E-state index is 0.0267. The lowest BCUT2D eigenvalue weighted by molar-refractivity contribution is -0.384. The Balaban J connectivity index is 1.96. The average molecular weight is 307 g/mol. The highest BCUT2D eigenvalue weighted by molar-refractivity contribution is 5.96. The molecule has 3 aromatic carbocycles. The third-order valence-corrected chi connectivity index (χ3v) is 3.41. The molecule has 0 bridgehead atoms. The largest absolute Gasteiger partial charge is 0.496 e. The van der Waals surface area contributed by atoms with E-state index < -0.39 is 4.92 Å². The zero-order chi connectivity index (χ0) is 16.2. The van der Waals surface area contributed by atoms with E-state index in [4.69, 9.17) is 4.74 Å². The number of benzene rings is 3. The Kier molecular flexibility index (Phi) is 3.97. The first-order valence-corrected chi connectivity index (χ1v) is 6.91. The van der Waals surface area contributed by atoms with Crippen molar-refractivity contribution >= 4 is 27.8 Å². The second-order valence-corrected chi connectivity index (χ2v) is 4.81. The maximum atomic E-state index is 10.6. The van der Waals surface area contributed by atoms with Crippen molar-refractivity contribution in [2.75, 3.05) is 7.11 Å². The van der Waals surface area contributed by atoms with Crippen LogP contribution in [0.3, 0.4) is 0 Å². The molecule has 3 rings (SSSR count). The molecular weight excluding hydrogens is 294 g/mol. The van der Waals surface area contributed by atoms with Gasteiger partial charge in [0.25, 0.3) is 5.69 Å². The molecule has 0 heterocycles. The number of non-ortho nitro benzene ring substituents is 1. The molecule has 0 spiro atoms. The van der Waals surface area contributed by atoms with Crippen LogP contribution in [0.2, 0.25) is 0 Å². The SMILES string of the molecule is COc1ccc(N=Nc2ccc([N+](=O)[O-])cc2)c2ccccc12. The molecule has 23 heavy (non-hydrogen) atoms. The monoisotopic (exact) mass is 307 g/mol. The molecule has 0 aliphatic rings. The zero-order valence-electron chi connectivity index (χ0n) is 12.3. The molecule has 0 fully saturated rings. The van der Waals surface area contributed by atoms with Gasteiger partial charge in [0.2, 0.25) is 0 Å². The van der Waals surface area contributed by atoms with Gasteiger partial charge in [-0.25, -0.2) is 0 Å². The van der Waals surface area contributed by atoms with E-state index in [9.17, 15) is 10.1 Å². The van der Waals surface area contributed by atoms with Gasteiger partial charge in [-0.1, -0.05) is 24.3 Å². The van der Waals surface area contributed by atoms with Gasteiger partial charge in [0.1, 0.15) is 5.75 Å². The normalized spacial score (nSPS) is 11.0. The summed E-state index contributed by atoms with van der Waals surface area (Å²) in [5, 5.41) is 20.9. The van der Waals surface area contributed by atoms with Gasteiger partial charge in [-0.15, -0.1) is 5.11 Å². The van der Waals surface area contributed by atoms with Crippen molar-refractivity contribution < 1.29 is 9.66 Å². The zero-order valence-corrected chi connectivity index (χ0v) is 12.3. The minimum Gasteiger partial charge on any atom is -0.496 e. The van der Waals surface area contributed by atoms with Crippen molar-refractivity contribution in [1.82, 2.24) is 0 Å². The third-order valence-electron chi connectivity index (χ3n) is 3.41. The Bertz CT molecular complexity index is 889. The number of fused-ring (bicyclic) bond motifs is 1. The maximum Gasteiger partial charge on any atom is 0.269 e. The molecule has 6 heteroatoms. The summed E-state index contributed by atoms with van der Waals surface area (Å²) in [6.45, 7) is 0. The quantitative estimate of drug-likeness (QED) is 0.379.